The van der Waals surface area contributed by atoms with Gasteiger partial charge in [-0.1, -0.05) is 43.0 Å². The maximum Gasteiger partial charge on any atom is 0.246 e. The van der Waals surface area contributed by atoms with Crippen molar-refractivity contribution in [3.05, 3.63) is 93.6 Å². The number of likely N-dealkylation sites (tertiary alicyclic amines) is 1. The number of ketones is 1. The Morgan fingerprint density at radius 1 is 0.933 bits per heavy atom. The molecule has 1 amide bonds. The third kappa shape index (κ3) is 4.35. The van der Waals surface area contributed by atoms with Gasteiger partial charge < -0.3 is 4.90 Å². The van der Waals surface area contributed by atoms with Crippen molar-refractivity contribution in [2.75, 3.05) is 6.54 Å². The van der Waals surface area contributed by atoms with E-state index in [1.807, 2.05) is 31.2 Å². The number of benzene rings is 2. The van der Waals surface area contributed by atoms with Crippen LogP contribution in [0.4, 0.5) is 0 Å². The Morgan fingerprint density at radius 2 is 1.47 bits per heavy atom. The molecule has 3 heteroatoms. The van der Waals surface area contributed by atoms with Crippen LogP contribution in [0.2, 0.25) is 0 Å². The summed E-state index contributed by atoms with van der Waals surface area (Å²) in [6.07, 6.45) is 5.13. The Bertz CT molecular complexity index is 1090. The number of carbonyl (C=O) groups is 2. The van der Waals surface area contributed by atoms with Crippen LogP contribution in [0, 0.1) is 27.7 Å². The molecule has 0 aromatic heterocycles. The van der Waals surface area contributed by atoms with Crippen molar-refractivity contribution in [3.63, 3.8) is 0 Å². The number of amides is 1. The first kappa shape index (κ1) is 21.5. The number of rotatable bonds is 3. The van der Waals surface area contributed by atoms with Gasteiger partial charge in [-0.15, -0.1) is 0 Å². The summed E-state index contributed by atoms with van der Waals surface area (Å²) in [5.41, 5.74) is 7.92. The van der Waals surface area contributed by atoms with Crippen molar-refractivity contribution in [3.8, 4) is 0 Å². The van der Waals surface area contributed by atoms with Crippen molar-refractivity contribution in [1.29, 1.82) is 0 Å². The van der Waals surface area contributed by atoms with Crippen LogP contribution in [0.25, 0.3) is 12.2 Å². The van der Waals surface area contributed by atoms with E-state index in [9.17, 15) is 9.59 Å². The molecule has 1 atom stereocenters. The summed E-state index contributed by atoms with van der Waals surface area (Å²) >= 11 is 0. The highest BCUT2D eigenvalue weighted by Crippen LogP contribution is 2.28. The molecule has 0 spiro atoms. The first-order valence-electron chi connectivity index (χ1n) is 10.3. The average molecular weight is 400 g/mol. The molecule has 3 nitrogen and oxygen atoms in total. The highest BCUT2D eigenvalue weighted by atomic mass is 16.2. The summed E-state index contributed by atoms with van der Waals surface area (Å²) in [5.74, 6) is -0.181. The molecule has 0 bridgehead atoms. The molecule has 3 rings (SSSR count). The Hall–Kier alpha value is -3.20. The van der Waals surface area contributed by atoms with Gasteiger partial charge in [0.2, 0.25) is 5.91 Å². The lowest BCUT2D eigenvalue weighted by atomic mass is 9.88. The Kier molecular flexibility index (Phi) is 6.21. The first-order valence-corrected chi connectivity index (χ1v) is 10.3. The molecule has 2 aromatic carbocycles. The van der Waals surface area contributed by atoms with E-state index in [1.54, 1.807) is 4.90 Å². The van der Waals surface area contributed by atoms with Crippen LogP contribution in [0.5, 0.6) is 0 Å². The minimum atomic E-state index is -0.318. The van der Waals surface area contributed by atoms with Gasteiger partial charge in [0.15, 0.2) is 5.78 Å². The van der Waals surface area contributed by atoms with Gasteiger partial charge in [0.1, 0.15) is 0 Å². The van der Waals surface area contributed by atoms with Crippen molar-refractivity contribution >= 4 is 23.8 Å². The predicted octanol–water partition coefficient (Wildman–Crippen LogP) is 5.37. The highest BCUT2D eigenvalue weighted by Gasteiger charge is 2.34. The first-order chi connectivity index (χ1) is 14.2. The normalized spacial score (nSPS) is 19.4. The van der Waals surface area contributed by atoms with Crippen LogP contribution in [0.3, 0.4) is 0 Å². The van der Waals surface area contributed by atoms with Crippen LogP contribution in [-0.2, 0) is 9.59 Å². The summed E-state index contributed by atoms with van der Waals surface area (Å²) in [5, 5.41) is 0. The lowest BCUT2D eigenvalue weighted by Crippen LogP contribution is -2.47. The van der Waals surface area contributed by atoms with Gasteiger partial charge in [-0.3, -0.25) is 9.59 Å². The maximum atomic E-state index is 13.4. The molecule has 1 saturated heterocycles. The van der Waals surface area contributed by atoms with Crippen molar-refractivity contribution < 1.29 is 9.59 Å². The molecule has 1 unspecified atom stereocenters. The maximum absolute atomic E-state index is 13.4. The summed E-state index contributed by atoms with van der Waals surface area (Å²) in [6, 6.07) is 11.9. The number of piperidine rings is 1. The third-order valence-electron chi connectivity index (χ3n) is 5.99. The lowest BCUT2D eigenvalue weighted by molar-refractivity contribution is -0.128. The molecule has 0 saturated carbocycles. The van der Waals surface area contributed by atoms with Crippen LogP contribution >= 0.6 is 0 Å². The number of carbonyl (C=O) groups excluding carboxylic acids is 2. The molecule has 1 heterocycles. The second-order valence-electron chi connectivity index (χ2n) is 8.13. The number of hydrogen-bond acceptors (Lipinski definition) is 2. The Labute approximate surface area is 179 Å². The second-order valence-corrected chi connectivity index (χ2v) is 8.13. The number of nitrogens with zero attached hydrogens (tertiary/aromatic N) is 1. The molecular weight excluding hydrogens is 370 g/mol. The number of Topliss-reactive ketones (excluding diaryl/α,β-unsaturated/α-hetero) is 1. The smallest absolute Gasteiger partial charge is 0.246 e. The molecule has 0 aliphatic carbocycles. The SMILES string of the molecule is C=CC(=O)N1C/C(=C\c2ccc(C)c(C)c2)C(=O)/C(=C/c2ccc(C)c(C)c2)C1C. The van der Waals surface area contributed by atoms with E-state index in [0.29, 0.717) is 11.1 Å². The minimum Gasteiger partial charge on any atom is -0.328 e. The van der Waals surface area contributed by atoms with Crippen LogP contribution in [0.15, 0.2) is 60.2 Å². The molecule has 0 radical (unpaired) electrons. The summed E-state index contributed by atoms with van der Waals surface area (Å²) in [4.78, 5) is 27.6. The van der Waals surface area contributed by atoms with Gasteiger partial charge in [-0.2, -0.15) is 0 Å². The average Bonchev–Trinajstić information content (AvgIpc) is 2.72. The quantitative estimate of drug-likeness (QED) is 0.651. The van der Waals surface area contributed by atoms with Crippen LogP contribution in [-0.4, -0.2) is 29.2 Å². The van der Waals surface area contributed by atoms with Gasteiger partial charge in [0.05, 0.1) is 12.6 Å². The lowest BCUT2D eigenvalue weighted by Gasteiger charge is -2.35. The Morgan fingerprint density at radius 3 is 1.97 bits per heavy atom. The van der Waals surface area contributed by atoms with E-state index >= 15 is 0 Å². The molecular formula is C27H29NO2. The van der Waals surface area contributed by atoms with Crippen molar-refractivity contribution in [1.82, 2.24) is 4.90 Å². The second kappa shape index (κ2) is 8.66. The van der Waals surface area contributed by atoms with Gasteiger partial charge in [0, 0.05) is 11.1 Å². The zero-order chi connectivity index (χ0) is 22.0. The monoisotopic (exact) mass is 399 g/mol. The van der Waals surface area contributed by atoms with E-state index in [-0.39, 0.29) is 24.3 Å². The fourth-order valence-electron chi connectivity index (χ4n) is 3.71. The number of aryl methyl sites for hydroxylation is 4. The summed E-state index contributed by atoms with van der Waals surface area (Å²) in [6.45, 7) is 14.1. The van der Waals surface area contributed by atoms with Crippen LogP contribution < -0.4 is 0 Å². The molecule has 154 valence electrons. The zero-order valence-electron chi connectivity index (χ0n) is 18.5. The molecule has 2 aromatic rings. The van der Waals surface area contributed by atoms with E-state index in [1.165, 1.54) is 28.3 Å². The number of hydrogen-bond donors (Lipinski definition) is 0. The van der Waals surface area contributed by atoms with Crippen molar-refractivity contribution in [2.45, 2.75) is 40.7 Å². The predicted molar refractivity (Wildman–Crippen MR) is 124 cm³/mol. The Balaban J connectivity index is 2.09. The van der Waals surface area contributed by atoms with Gasteiger partial charge in [-0.25, -0.2) is 0 Å². The molecule has 30 heavy (non-hydrogen) atoms. The van der Waals surface area contributed by atoms with Gasteiger partial charge >= 0.3 is 0 Å². The highest BCUT2D eigenvalue weighted by molar-refractivity contribution is 6.16. The molecule has 1 aliphatic rings. The van der Waals surface area contributed by atoms with Crippen molar-refractivity contribution in [2.24, 2.45) is 0 Å². The van der Waals surface area contributed by atoms with E-state index in [0.717, 1.165) is 11.1 Å². The zero-order valence-corrected chi connectivity index (χ0v) is 18.5. The molecule has 1 aliphatic heterocycles. The van der Waals surface area contributed by atoms with Crippen LogP contribution in [0.1, 0.15) is 40.3 Å². The van der Waals surface area contributed by atoms with E-state index in [2.05, 4.69) is 58.5 Å². The summed E-state index contributed by atoms with van der Waals surface area (Å²) < 4.78 is 0. The largest absolute Gasteiger partial charge is 0.328 e. The molecule has 1 fully saturated rings. The topological polar surface area (TPSA) is 37.4 Å². The standard InChI is InChI=1S/C27H29NO2/c1-7-26(29)28-16-24(14-22-10-8-17(2)19(4)12-22)27(30)25(21(28)6)15-23-11-9-18(3)20(5)13-23/h7-15,21H,1,16H2,2-6H3/b24-14+,25-15+. The molecule has 0 N–H and O–H groups in total. The van der Waals surface area contributed by atoms with E-state index < -0.39 is 0 Å². The minimum absolute atomic E-state index is 0.00734. The van der Waals surface area contributed by atoms with Gasteiger partial charge in [-0.05, 0) is 86.2 Å². The van der Waals surface area contributed by atoms with E-state index in [4.69, 9.17) is 0 Å². The fraction of sp³-hybridized carbons (Fsp3) is 0.259. The fourth-order valence-corrected chi connectivity index (χ4v) is 3.71. The third-order valence-corrected chi connectivity index (χ3v) is 5.99. The summed E-state index contributed by atoms with van der Waals surface area (Å²) in [7, 11) is 0. The van der Waals surface area contributed by atoms with Gasteiger partial charge in [0.25, 0.3) is 0 Å².